The number of carbonyl (C=O) groups excluding carboxylic acids is 1. The first-order chi connectivity index (χ1) is 9.04. The summed E-state index contributed by atoms with van der Waals surface area (Å²) in [5.41, 5.74) is 2.53. The lowest BCUT2D eigenvalue weighted by Crippen LogP contribution is -2.34. The van der Waals surface area contributed by atoms with E-state index >= 15 is 0 Å². The molecule has 3 heteroatoms. The molecule has 100 valence electrons. The minimum absolute atomic E-state index is 0.00923. The topological polar surface area (TPSA) is 49.3 Å². The first kappa shape index (κ1) is 13.6. The Bertz CT molecular complexity index is 548. The summed E-state index contributed by atoms with van der Waals surface area (Å²) < 4.78 is 0. The number of hydrogen-bond acceptors (Lipinski definition) is 2. The van der Waals surface area contributed by atoms with Crippen LogP contribution in [0.25, 0.3) is 0 Å². The van der Waals surface area contributed by atoms with Crippen molar-refractivity contribution in [1.29, 1.82) is 0 Å². The van der Waals surface area contributed by atoms with Crippen molar-refractivity contribution in [2.24, 2.45) is 0 Å². The van der Waals surface area contributed by atoms with Crippen LogP contribution in [0.3, 0.4) is 0 Å². The van der Waals surface area contributed by atoms with Crippen LogP contribution in [0.15, 0.2) is 18.2 Å². The predicted molar refractivity (Wildman–Crippen MR) is 74.9 cm³/mol. The van der Waals surface area contributed by atoms with Crippen molar-refractivity contribution in [2.75, 3.05) is 6.61 Å². The number of nitrogens with one attached hydrogen (secondary N) is 1. The highest BCUT2D eigenvalue weighted by Gasteiger charge is 2.38. The molecule has 2 N–H and O–H groups in total. The summed E-state index contributed by atoms with van der Waals surface area (Å²) in [6, 6.07) is 5.56. The maximum Gasteiger partial charge on any atom is 0.251 e. The second-order valence-corrected chi connectivity index (χ2v) is 5.32. The zero-order valence-corrected chi connectivity index (χ0v) is 11.4. The van der Waals surface area contributed by atoms with Crippen molar-refractivity contribution in [3.8, 4) is 11.8 Å². The fourth-order valence-corrected chi connectivity index (χ4v) is 1.77. The highest BCUT2D eigenvalue weighted by atomic mass is 16.2. The number of rotatable bonds is 3. The Morgan fingerprint density at radius 3 is 2.84 bits per heavy atom. The van der Waals surface area contributed by atoms with Gasteiger partial charge >= 0.3 is 0 Å². The molecule has 1 aromatic rings. The lowest BCUT2D eigenvalue weighted by molar-refractivity contribution is 0.0935. The van der Waals surface area contributed by atoms with Gasteiger partial charge in [-0.15, -0.1) is 0 Å². The van der Waals surface area contributed by atoms with Gasteiger partial charge < -0.3 is 10.4 Å². The van der Waals surface area contributed by atoms with E-state index in [4.69, 9.17) is 5.11 Å². The number of aliphatic hydroxyl groups excluding tert-OH is 1. The summed E-state index contributed by atoms with van der Waals surface area (Å²) in [7, 11) is 0. The van der Waals surface area contributed by atoms with Gasteiger partial charge in [0.2, 0.25) is 0 Å². The Labute approximate surface area is 114 Å². The molecule has 0 aromatic heterocycles. The molecule has 0 aliphatic heterocycles. The van der Waals surface area contributed by atoms with E-state index in [1.54, 1.807) is 0 Å². The lowest BCUT2D eigenvalue weighted by Gasteiger charge is -2.12. The molecule has 0 atom stereocenters. The molecule has 1 fully saturated rings. The summed E-state index contributed by atoms with van der Waals surface area (Å²) in [5.74, 6) is 5.85. The van der Waals surface area contributed by atoms with Crippen LogP contribution < -0.4 is 5.32 Å². The molecule has 1 aliphatic carbocycles. The van der Waals surface area contributed by atoms with Gasteiger partial charge in [-0.1, -0.05) is 17.9 Å². The third-order valence-electron chi connectivity index (χ3n) is 3.37. The molecule has 0 unspecified atom stereocenters. The summed E-state index contributed by atoms with van der Waals surface area (Å²) in [4.78, 5) is 12.1. The molecular formula is C16H19NO2. The molecule has 19 heavy (non-hydrogen) atoms. The second-order valence-electron chi connectivity index (χ2n) is 5.32. The highest BCUT2D eigenvalue weighted by Crippen LogP contribution is 2.34. The minimum Gasteiger partial charge on any atom is -0.395 e. The molecule has 0 heterocycles. The van der Waals surface area contributed by atoms with Crippen LogP contribution in [-0.2, 0) is 0 Å². The maximum atomic E-state index is 12.1. The molecular weight excluding hydrogens is 238 g/mol. The number of benzene rings is 1. The SMILES string of the molecule is Cc1ccc(C(=O)NC2(C)CC2)cc1C#CCCO. The summed E-state index contributed by atoms with van der Waals surface area (Å²) in [6.45, 7) is 4.08. The summed E-state index contributed by atoms with van der Waals surface area (Å²) >= 11 is 0. The average molecular weight is 257 g/mol. The van der Waals surface area contributed by atoms with Crippen LogP contribution >= 0.6 is 0 Å². The quantitative estimate of drug-likeness (QED) is 0.814. The third kappa shape index (κ3) is 3.59. The van der Waals surface area contributed by atoms with Crippen LogP contribution in [0.1, 0.15) is 47.7 Å². The first-order valence-corrected chi connectivity index (χ1v) is 6.57. The van der Waals surface area contributed by atoms with Crippen molar-refractivity contribution in [3.05, 3.63) is 34.9 Å². The molecule has 2 rings (SSSR count). The zero-order chi connectivity index (χ0) is 13.9. The molecule has 1 amide bonds. The Balaban J connectivity index is 2.16. The standard InChI is InChI=1S/C16H19NO2/c1-12-6-7-14(11-13(12)5-3-4-10-18)15(19)17-16(2)8-9-16/h6-7,11,18H,4,8-10H2,1-2H3,(H,17,19). The van der Waals surface area contributed by atoms with Crippen LogP contribution in [0.2, 0.25) is 0 Å². The smallest absolute Gasteiger partial charge is 0.251 e. The van der Waals surface area contributed by atoms with Crippen molar-refractivity contribution in [2.45, 2.75) is 38.6 Å². The van der Waals surface area contributed by atoms with Crippen molar-refractivity contribution in [3.63, 3.8) is 0 Å². The zero-order valence-electron chi connectivity index (χ0n) is 11.4. The van der Waals surface area contributed by atoms with E-state index in [0.29, 0.717) is 12.0 Å². The van der Waals surface area contributed by atoms with Crippen LogP contribution in [0.5, 0.6) is 0 Å². The summed E-state index contributed by atoms with van der Waals surface area (Å²) in [5, 5.41) is 11.8. The molecule has 0 radical (unpaired) electrons. The van der Waals surface area contributed by atoms with Crippen LogP contribution in [-0.4, -0.2) is 23.2 Å². The molecule has 0 saturated heterocycles. The van der Waals surface area contributed by atoms with Crippen LogP contribution in [0, 0.1) is 18.8 Å². The van der Waals surface area contributed by atoms with E-state index in [1.165, 1.54) is 0 Å². The van der Waals surface area contributed by atoms with Gasteiger partial charge in [-0.05, 0) is 44.4 Å². The molecule has 1 aromatic carbocycles. The van der Waals surface area contributed by atoms with E-state index in [9.17, 15) is 4.79 Å². The van der Waals surface area contributed by atoms with Gasteiger partial charge in [0.25, 0.3) is 5.91 Å². The molecule has 0 spiro atoms. The van der Waals surface area contributed by atoms with Gasteiger partial charge in [-0.3, -0.25) is 4.79 Å². The predicted octanol–water partition coefficient (Wildman–Crippen LogP) is 2.01. The van der Waals surface area contributed by atoms with Gasteiger partial charge in [-0.25, -0.2) is 0 Å². The van der Waals surface area contributed by atoms with Gasteiger partial charge in [0.05, 0.1) is 6.61 Å². The molecule has 0 bridgehead atoms. The van der Waals surface area contributed by atoms with Crippen molar-refractivity contribution < 1.29 is 9.90 Å². The van der Waals surface area contributed by atoms with E-state index in [0.717, 1.165) is 24.0 Å². The highest BCUT2D eigenvalue weighted by molar-refractivity contribution is 5.95. The Hall–Kier alpha value is -1.79. The maximum absolute atomic E-state index is 12.1. The van der Waals surface area contributed by atoms with Gasteiger partial charge in [0, 0.05) is 23.1 Å². The van der Waals surface area contributed by atoms with E-state index in [1.807, 2.05) is 25.1 Å². The Kier molecular flexibility index (Phi) is 3.92. The number of aryl methyl sites for hydroxylation is 1. The van der Waals surface area contributed by atoms with Gasteiger partial charge in [-0.2, -0.15) is 0 Å². The Morgan fingerprint density at radius 2 is 2.21 bits per heavy atom. The van der Waals surface area contributed by atoms with Crippen LogP contribution in [0.4, 0.5) is 0 Å². The average Bonchev–Trinajstić information content (AvgIpc) is 3.09. The van der Waals surface area contributed by atoms with E-state index in [-0.39, 0.29) is 18.1 Å². The minimum atomic E-state index is -0.0368. The van der Waals surface area contributed by atoms with E-state index < -0.39 is 0 Å². The van der Waals surface area contributed by atoms with Gasteiger partial charge in [0.15, 0.2) is 0 Å². The fourth-order valence-electron chi connectivity index (χ4n) is 1.77. The van der Waals surface area contributed by atoms with Gasteiger partial charge in [0.1, 0.15) is 0 Å². The molecule has 1 saturated carbocycles. The number of carbonyl (C=O) groups is 1. The normalized spacial score (nSPS) is 15.3. The van der Waals surface area contributed by atoms with Crippen molar-refractivity contribution >= 4 is 5.91 Å². The Morgan fingerprint density at radius 1 is 1.47 bits per heavy atom. The monoisotopic (exact) mass is 257 g/mol. The van der Waals surface area contributed by atoms with E-state index in [2.05, 4.69) is 24.1 Å². The number of amides is 1. The fraction of sp³-hybridized carbons (Fsp3) is 0.438. The number of hydrogen-bond donors (Lipinski definition) is 2. The first-order valence-electron chi connectivity index (χ1n) is 6.57. The number of aliphatic hydroxyl groups is 1. The largest absolute Gasteiger partial charge is 0.395 e. The summed E-state index contributed by atoms with van der Waals surface area (Å²) in [6.07, 6.45) is 2.55. The van der Waals surface area contributed by atoms with Crippen molar-refractivity contribution in [1.82, 2.24) is 5.32 Å². The third-order valence-corrected chi connectivity index (χ3v) is 3.37. The molecule has 1 aliphatic rings. The second kappa shape index (κ2) is 5.46. The molecule has 3 nitrogen and oxygen atoms in total. The lowest BCUT2D eigenvalue weighted by atomic mass is 10.0.